The van der Waals surface area contributed by atoms with Gasteiger partial charge in [0.25, 0.3) is 0 Å². The van der Waals surface area contributed by atoms with E-state index < -0.39 is 0 Å². The predicted molar refractivity (Wildman–Crippen MR) is 95.0 cm³/mol. The first-order valence-electron chi connectivity index (χ1n) is 7.89. The van der Waals surface area contributed by atoms with Crippen LogP contribution in [0.4, 0.5) is 0 Å². The fraction of sp³-hybridized carbons (Fsp3) is 0.647. The van der Waals surface area contributed by atoms with Gasteiger partial charge in [-0.1, -0.05) is 47.4 Å². The van der Waals surface area contributed by atoms with E-state index >= 15 is 0 Å². The second-order valence-electron chi connectivity index (χ2n) is 6.29. The number of hydrogen-bond donors (Lipinski definition) is 1. The lowest BCUT2D eigenvalue weighted by Gasteiger charge is -2.29. The van der Waals surface area contributed by atoms with Crippen molar-refractivity contribution >= 4 is 27.5 Å². The van der Waals surface area contributed by atoms with Crippen molar-refractivity contribution in [1.29, 1.82) is 0 Å². The molecule has 0 aliphatic carbocycles. The van der Waals surface area contributed by atoms with Crippen LogP contribution in [0.5, 0.6) is 0 Å². The molecular weight excluding hydrogens is 348 g/mol. The average Bonchev–Trinajstić information content (AvgIpc) is 2.90. The van der Waals surface area contributed by atoms with Crippen LogP contribution in [-0.2, 0) is 0 Å². The third-order valence-electron chi connectivity index (χ3n) is 4.58. The number of halogens is 2. The fourth-order valence-electron chi connectivity index (χ4n) is 3.42. The monoisotopic (exact) mass is 372 g/mol. The Balaban J connectivity index is 1.99. The van der Waals surface area contributed by atoms with Crippen LogP contribution in [0.1, 0.15) is 44.7 Å². The van der Waals surface area contributed by atoms with Crippen molar-refractivity contribution in [3.05, 3.63) is 33.3 Å². The highest BCUT2D eigenvalue weighted by atomic mass is 79.9. The van der Waals surface area contributed by atoms with Crippen LogP contribution in [0.25, 0.3) is 0 Å². The molecule has 2 rings (SSSR count). The number of nitrogens with zero attached hydrogens (tertiary/aromatic N) is 1. The largest absolute Gasteiger partial charge is 0.313 e. The minimum atomic E-state index is 0.319. The summed E-state index contributed by atoms with van der Waals surface area (Å²) < 4.78 is 1.03. The molecule has 1 N–H and O–H groups in total. The van der Waals surface area contributed by atoms with Gasteiger partial charge in [-0.05, 0) is 56.5 Å². The summed E-state index contributed by atoms with van der Waals surface area (Å²) in [7, 11) is 2.02. The van der Waals surface area contributed by atoms with E-state index in [2.05, 4.69) is 52.1 Å². The molecule has 1 heterocycles. The first-order valence-corrected chi connectivity index (χ1v) is 9.06. The molecule has 0 amide bonds. The number of likely N-dealkylation sites (tertiary alicyclic amines) is 1. The maximum absolute atomic E-state index is 6.39. The maximum Gasteiger partial charge on any atom is 0.0465 e. The Bertz CT molecular complexity index is 464. The summed E-state index contributed by atoms with van der Waals surface area (Å²) in [6.07, 6.45) is 3.79. The predicted octanol–water partition coefficient (Wildman–Crippen LogP) is 4.87. The summed E-state index contributed by atoms with van der Waals surface area (Å²) in [5.74, 6) is 0.747. The van der Waals surface area contributed by atoms with Gasteiger partial charge in [0.15, 0.2) is 0 Å². The highest BCUT2D eigenvalue weighted by Gasteiger charge is 2.27. The van der Waals surface area contributed by atoms with Gasteiger partial charge in [-0.25, -0.2) is 0 Å². The third-order valence-corrected chi connectivity index (χ3v) is 5.40. The van der Waals surface area contributed by atoms with E-state index in [1.165, 1.54) is 24.9 Å². The summed E-state index contributed by atoms with van der Waals surface area (Å²) in [4.78, 5) is 2.65. The van der Waals surface area contributed by atoms with Gasteiger partial charge in [-0.3, -0.25) is 0 Å². The van der Waals surface area contributed by atoms with Crippen LogP contribution in [0.3, 0.4) is 0 Å². The lowest BCUT2D eigenvalue weighted by molar-refractivity contribution is 0.197. The molecular formula is C17H26BrClN2. The molecule has 1 saturated heterocycles. The summed E-state index contributed by atoms with van der Waals surface area (Å²) in [5, 5.41) is 4.26. The van der Waals surface area contributed by atoms with Gasteiger partial charge >= 0.3 is 0 Å². The highest BCUT2D eigenvalue weighted by molar-refractivity contribution is 9.10. The molecule has 0 spiro atoms. The van der Waals surface area contributed by atoms with Crippen molar-refractivity contribution in [1.82, 2.24) is 10.2 Å². The molecule has 2 atom stereocenters. The van der Waals surface area contributed by atoms with Crippen LogP contribution in [0, 0.1) is 5.92 Å². The Hall–Kier alpha value is -0.0900. The number of rotatable bonds is 6. The normalized spacial score (nSPS) is 21.1. The van der Waals surface area contributed by atoms with E-state index in [-0.39, 0.29) is 0 Å². The molecule has 2 unspecified atom stereocenters. The second kappa shape index (κ2) is 7.96. The maximum atomic E-state index is 6.39. The van der Waals surface area contributed by atoms with Gasteiger partial charge < -0.3 is 10.2 Å². The summed E-state index contributed by atoms with van der Waals surface area (Å²) in [6.45, 7) is 7.06. The average molecular weight is 374 g/mol. The fourth-order valence-corrected chi connectivity index (χ4v) is 4.22. The van der Waals surface area contributed by atoms with Crippen molar-refractivity contribution in [2.75, 3.05) is 20.1 Å². The van der Waals surface area contributed by atoms with Crippen molar-refractivity contribution in [2.45, 2.75) is 45.2 Å². The van der Waals surface area contributed by atoms with Crippen molar-refractivity contribution in [3.63, 3.8) is 0 Å². The molecule has 0 saturated carbocycles. The third kappa shape index (κ3) is 4.44. The van der Waals surface area contributed by atoms with Gasteiger partial charge in [0.2, 0.25) is 0 Å². The first-order chi connectivity index (χ1) is 10.0. The van der Waals surface area contributed by atoms with Crippen LogP contribution in [0.2, 0.25) is 5.02 Å². The Morgan fingerprint density at radius 2 is 2.19 bits per heavy atom. The molecule has 118 valence electrons. The van der Waals surface area contributed by atoms with E-state index in [9.17, 15) is 0 Å². The first kappa shape index (κ1) is 17.3. The lowest BCUT2D eigenvalue weighted by atomic mass is 10.0. The van der Waals surface area contributed by atoms with Gasteiger partial charge in [-0.15, -0.1) is 0 Å². The zero-order chi connectivity index (χ0) is 15.4. The molecule has 2 nitrogen and oxygen atoms in total. The standard InChI is InChI=1S/C17H26BrClN2/c1-12(2)17-5-4-9-21(17)10-8-16(20-3)14-7-6-13(18)11-15(14)19/h6-7,11-12,16-17,20H,4-5,8-10H2,1-3H3. The highest BCUT2D eigenvalue weighted by Crippen LogP contribution is 2.30. The summed E-state index contributed by atoms with van der Waals surface area (Å²) >= 11 is 9.86. The Labute approximate surface area is 142 Å². The molecule has 1 aliphatic heterocycles. The molecule has 1 aromatic carbocycles. The summed E-state index contributed by atoms with van der Waals surface area (Å²) in [6, 6.07) is 7.24. The van der Waals surface area contributed by atoms with E-state index in [1.807, 2.05) is 13.1 Å². The molecule has 0 aromatic heterocycles. The smallest absolute Gasteiger partial charge is 0.0465 e. The molecule has 4 heteroatoms. The lowest BCUT2D eigenvalue weighted by Crippen LogP contribution is -2.35. The van der Waals surface area contributed by atoms with Gasteiger partial charge in [0.05, 0.1) is 0 Å². The topological polar surface area (TPSA) is 15.3 Å². The minimum Gasteiger partial charge on any atom is -0.313 e. The molecule has 1 fully saturated rings. The van der Waals surface area contributed by atoms with Crippen molar-refractivity contribution < 1.29 is 0 Å². The van der Waals surface area contributed by atoms with Crippen molar-refractivity contribution in [3.8, 4) is 0 Å². The Kier molecular flexibility index (Phi) is 6.54. The summed E-state index contributed by atoms with van der Waals surface area (Å²) in [5.41, 5.74) is 1.20. The van der Waals surface area contributed by atoms with Crippen LogP contribution in [0.15, 0.2) is 22.7 Å². The number of benzene rings is 1. The Morgan fingerprint density at radius 1 is 1.43 bits per heavy atom. The molecule has 1 aliphatic rings. The van der Waals surface area contributed by atoms with Crippen LogP contribution < -0.4 is 5.32 Å². The van der Waals surface area contributed by atoms with Gasteiger partial charge in [0.1, 0.15) is 0 Å². The zero-order valence-corrected chi connectivity index (χ0v) is 15.5. The van der Waals surface area contributed by atoms with Crippen LogP contribution >= 0.6 is 27.5 Å². The molecule has 0 bridgehead atoms. The SMILES string of the molecule is CNC(CCN1CCCC1C(C)C)c1ccc(Br)cc1Cl. The van der Waals surface area contributed by atoms with Gasteiger partial charge in [-0.2, -0.15) is 0 Å². The minimum absolute atomic E-state index is 0.319. The number of nitrogens with one attached hydrogen (secondary N) is 1. The zero-order valence-electron chi connectivity index (χ0n) is 13.2. The van der Waals surface area contributed by atoms with E-state index in [0.29, 0.717) is 6.04 Å². The number of hydrogen-bond acceptors (Lipinski definition) is 2. The van der Waals surface area contributed by atoms with Gasteiger partial charge in [0, 0.05) is 28.1 Å². The van der Waals surface area contributed by atoms with E-state index in [4.69, 9.17) is 11.6 Å². The second-order valence-corrected chi connectivity index (χ2v) is 7.61. The molecule has 0 radical (unpaired) electrons. The van der Waals surface area contributed by atoms with Crippen LogP contribution in [-0.4, -0.2) is 31.1 Å². The van der Waals surface area contributed by atoms with E-state index in [0.717, 1.165) is 34.4 Å². The quantitative estimate of drug-likeness (QED) is 0.765. The molecule has 1 aromatic rings. The van der Waals surface area contributed by atoms with E-state index in [1.54, 1.807) is 0 Å². The van der Waals surface area contributed by atoms with Crippen molar-refractivity contribution in [2.24, 2.45) is 5.92 Å². The Morgan fingerprint density at radius 3 is 2.81 bits per heavy atom. The molecule has 21 heavy (non-hydrogen) atoms.